The smallest absolute Gasteiger partial charge is 0.293 e. The molecule has 0 radical (unpaired) electrons. The van der Waals surface area contributed by atoms with Crippen molar-refractivity contribution in [3.05, 3.63) is 24.8 Å². The molecule has 0 spiro atoms. The Kier molecular flexibility index (Phi) is 16.4. The fourth-order valence-corrected chi connectivity index (χ4v) is 0.111. The molecule has 0 aromatic rings. The number of rotatable bonds is 1. The first-order valence-electron chi connectivity index (χ1n) is 1.58. The Labute approximate surface area is 88.1 Å². The molecule has 0 aromatic carbocycles. The van der Waals surface area contributed by atoms with E-state index in [2.05, 4.69) is 0 Å². The van der Waals surface area contributed by atoms with Gasteiger partial charge in [0.15, 0.2) is 0 Å². The van der Waals surface area contributed by atoms with Crippen molar-refractivity contribution in [2.45, 2.75) is 6.92 Å². The van der Waals surface area contributed by atoms with Gasteiger partial charge in [-0.3, -0.25) is 6.58 Å². The van der Waals surface area contributed by atoms with Crippen LogP contribution in [0.25, 0.3) is 0 Å². The third-order valence-corrected chi connectivity index (χ3v) is 0.304. The normalized spacial score (nSPS) is 7.50. The first-order chi connectivity index (χ1) is 2.41. The molecule has 0 bridgehead atoms. The van der Waals surface area contributed by atoms with E-state index in [4.69, 9.17) is 6.58 Å². The minimum absolute atomic E-state index is 0. The Hall–Kier alpha value is 1.29. The van der Waals surface area contributed by atoms with Crippen molar-refractivity contribution in [1.29, 1.82) is 0 Å². The predicted molar refractivity (Wildman–Crippen MR) is 23.7 cm³/mol. The van der Waals surface area contributed by atoms with Crippen LogP contribution < -0.4 is 58.2 Å². The van der Waals surface area contributed by atoms with Crippen LogP contribution in [0.4, 0.5) is 0 Å². The van der Waals surface area contributed by atoms with Gasteiger partial charge < -0.3 is 0 Å². The quantitative estimate of drug-likeness (QED) is 0.319. The van der Waals surface area contributed by atoms with Gasteiger partial charge in [0.05, 0.1) is 0 Å². The van der Waals surface area contributed by atoms with Gasteiger partial charge in [-0.25, -0.2) is 12.2 Å². The van der Waals surface area contributed by atoms with E-state index in [1.807, 2.05) is 13.0 Å². The minimum atomic E-state index is 0. The number of hydrogen-bond donors (Lipinski definition) is 0. The summed E-state index contributed by atoms with van der Waals surface area (Å²) < 4.78 is 0. The van der Waals surface area contributed by atoms with Crippen molar-refractivity contribution in [3.63, 3.8) is 0 Å². The maximum absolute atomic E-state index is 4.93. The van der Waals surface area contributed by atoms with Gasteiger partial charge in [-0.15, -0.1) is 0 Å². The van der Waals surface area contributed by atoms with Gasteiger partial charge in [0, 0.05) is 0 Å². The van der Waals surface area contributed by atoms with Gasteiger partial charge in [-0.1, -0.05) is 6.92 Å². The zero-order chi connectivity index (χ0) is 4.12. The molecular weight excluding hydrogens is 146 g/mol. The van der Waals surface area contributed by atoms with Crippen LogP contribution in [0.1, 0.15) is 6.92 Å². The van der Waals surface area contributed by atoms with Crippen molar-refractivity contribution in [2.75, 3.05) is 0 Å². The molecule has 1 heteroatoms. The summed E-state index contributed by atoms with van der Waals surface area (Å²) in [4.78, 5) is 0. The summed E-state index contributed by atoms with van der Waals surface area (Å²) in [6.45, 7) is 6.85. The van der Waals surface area contributed by atoms with E-state index in [1.54, 1.807) is 6.08 Å². The SMILES string of the molecule is [CH-]=CC=CC.[Rb+]. The Balaban J connectivity index is 0. The molecule has 6 heavy (non-hydrogen) atoms. The third kappa shape index (κ3) is 8.99. The van der Waals surface area contributed by atoms with E-state index in [9.17, 15) is 0 Å². The molecule has 0 fully saturated rings. The Morgan fingerprint density at radius 2 is 2.00 bits per heavy atom. The second-order valence-electron chi connectivity index (χ2n) is 0.718. The van der Waals surface area contributed by atoms with Gasteiger partial charge in [-0.05, 0) is 0 Å². The van der Waals surface area contributed by atoms with Gasteiger partial charge >= 0.3 is 58.2 Å². The average molecular weight is 153 g/mol. The third-order valence-electron chi connectivity index (χ3n) is 0.304. The molecule has 0 aliphatic heterocycles. The molecule has 0 aliphatic carbocycles. The largest absolute Gasteiger partial charge is 1.00 e. The van der Waals surface area contributed by atoms with Crippen LogP contribution in [0.5, 0.6) is 0 Å². The van der Waals surface area contributed by atoms with Crippen LogP contribution in [-0.4, -0.2) is 0 Å². The molecule has 0 atom stereocenters. The topological polar surface area (TPSA) is 0 Å². The molecule has 0 aliphatic rings. The van der Waals surface area contributed by atoms with E-state index in [-0.39, 0.29) is 58.2 Å². The molecule has 28 valence electrons. The van der Waals surface area contributed by atoms with Gasteiger partial charge in [0.25, 0.3) is 0 Å². The van der Waals surface area contributed by atoms with Gasteiger partial charge in [0.2, 0.25) is 0 Å². The molecule has 0 N–H and O–H groups in total. The van der Waals surface area contributed by atoms with Gasteiger partial charge in [0.1, 0.15) is 0 Å². The molecule has 0 nitrogen and oxygen atoms in total. The van der Waals surface area contributed by atoms with Crippen molar-refractivity contribution >= 4 is 0 Å². The first-order valence-corrected chi connectivity index (χ1v) is 1.58. The Morgan fingerprint density at radius 1 is 1.50 bits per heavy atom. The van der Waals surface area contributed by atoms with Crippen molar-refractivity contribution < 1.29 is 58.2 Å². The second-order valence-corrected chi connectivity index (χ2v) is 0.718. The van der Waals surface area contributed by atoms with Crippen molar-refractivity contribution in [3.8, 4) is 0 Å². The Bertz CT molecular complexity index is 45.9. The molecule has 0 aromatic heterocycles. The summed E-state index contributed by atoms with van der Waals surface area (Å²) in [7, 11) is 0. The fraction of sp³-hybridized carbons (Fsp3) is 0.200. The second kappa shape index (κ2) is 9.56. The summed E-state index contributed by atoms with van der Waals surface area (Å²) in [5.41, 5.74) is 0. The van der Waals surface area contributed by atoms with Crippen LogP contribution in [0, 0.1) is 6.58 Å². The maximum Gasteiger partial charge on any atom is 1.00 e. The molecular formula is C5H7Rb. The predicted octanol–water partition coefficient (Wildman–Crippen LogP) is -1.44. The molecule has 0 heterocycles. The standard InChI is InChI=1S/C5H7.Rb/c1-3-5-4-2;/h1,3-5H,2H3;/q-1;+1. The van der Waals surface area contributed by atoms with Crippen molar-refractivity contribution in [2.24, 2.45) is 0 Å². The van der Waals surface area contributed by atoms with E-state index in [0.717, 1.165) is 0 Å². The van der Waals surface area contributed by atoms with Crippen LogP contribution in [-0.2, 0) is 0 Å². The van der Waals surface area contributed by atoms with Crippen LogP contribution in [0.3, 0.4) is 0 Å². The zero-order valence-corrected chi connectivity index (χ0v) is 9.23. The Morgan fingerprint density at radius 3 is 2.00 bits per heavy atom. The van der Waals surface area contributed by atoms with Crippen molar-refractivity contribution in [1.82, 2.24) is 0 Å². The first kappa shape index (κ1) is 10.3. The van der Waals surface area contributed by atoms with E-state index < -0.39 is 0 Å². The summed E-state index contributed by atoms with van der Waals surface area (Å²) >= 11 is 0. The average Bonchev–Trinajstić information content (AvgIpc) is 1.41. The summed E-state index contributed by atoms with van der Waals surface area (Å²) in [5.74, 6) is 0. The van der Waals surface area contributed by atoms with E-state index >= 15 is 0 Å². The molecule has 0 rings (SSSR count). The van der Waals surface area contributed by atoms with E-state index in [0.29, 0.717) is 0 Å². The molecule has 0 saturated heterocycles. The monoisotopic (exact) mass is 152 g/mol. The minimum Gasteiger partial charge on any atom is -0.293 e. The summed E-state index contributed by atoms with van der Waals surface area (Å²) in [6, 6.07) is 0. The number of hydrogen-bond acceptors (Lipinski definition) is 0. The zero-order valence-electron chi connectivity index (χ0n) is 4.31. The summed E-state index contributed by atoms with van der Waals surface area (Å²) in [6.07, 6.45) is 5.15. The van der Waals surface area contributed by atoms with Crippen LogP contribution in [0.15, 0.2) is 18.2 Å². The van der Waals surface area contributed by atoms with Gasteiger partial charge in [-0.2, -0.15) is 6.08 Å². The van der Waals surface area contributed by atoms with Crippen LogP contribution >= 0.6 is 0 Å². The maximum atomic E-state index is 4.93. The van der Waals surface area contributed by atoms with E-state index in [1.165, 1.54) is 6.08 Å². The molecule has 0 saturated carbocycles. The molecule has 0 amide bonds. The van der Waals surface area contributed by atoms with Crippen LogP contribution in [0.2, 0.25) is 0 Å². The summed E-state index contributed by atoms with van der Waals surface area (Å²) in [5, 5.41) is 0. The fourth-order valence-electron chi connectivity index (χ4n) is 0.111. The number of allylic oxidation sites excluding steroid dienone is 3. The molecule has 0 unspecified atom stereocenters.